The molecule has 0 heterocycles. The van der Waals surface area contributed by atoms with Crippen molar-refractivity contribution >= 4 is 429 Å². The molecule has 0 spiro atoms. The standard InChI is InChI=1S/C27H32I3N3O13.C22H26I3N3O10.C17H22I3N3O8.C8H2Cl2I3NO2.C3H9NO2.2CH4/c1-11(46-16(6)38)25(39)33-24-22(29)19(26(40)31-17(7-42-12(2)34)8-43-13(3)35)21(28)20(23(24)30)27(41)32-18(9-44-14(4)36)10-45-15(5)37;1-9(29)35-5-13(6-36-10(2)30)27-21(33)15-17(23)16(19(25)20(26)18(15)24)22(34)28-14(7-37-11(3)31)8-38-12(4)32;1-6(28)15(29)23-14-12(19)9(16(30)21-7(2-24)3-25)11(18)10(13(14)20)17(31)22-8(4-26)5-27;9-7(15)1-3(11)2(8(10)16)5(13)6(14)4(1)12;4-3(1-5)2-6;;/h11,17-18H,7-10H2,1-6H3,(H,31,40)(H,32,41)(H,33,39);13-14H,5-8,26H2,1-4H3,(H,27,33)(H,28,34);6-8,24-28H,2-5H2,1H3,(H,21,30)(H,22,31)(H,23,29);14H2;3,5-6H,1-2,4H2;2*1H4/t11-;;6-;;;;/m0.0..../s1. The third-order valence-electron chi connectivity index (χ3n) is 15.9. The van der Waals surface area contributed by atoms with Crippen molar-refractivity contribution in [3.05, 3.63) is 87.3 Å². The topological polar surface area (TPSA) is 723 Å². The largest absolute Gasteiger partial charge is 0.464 e. The van der Waals surface area contributed by atoms with Crippen LogP contribution in [0.25, 0.3) is 0 Å². The fraction of sp³-hybridized carbons (Fsp3) is 0.456. The Kier molecular flexibility index (Phi) is 70.6. The van der Waals surface area contributed by atoms with Crippen LogP contribution in [0.1, 0.15) is 174 Å². The number of esters is 9. The summed E-state index contributed by atoms with van der Waals surface area (Å²) in [6, 6.07) is -6.10. The van der Waals surface area contributed by atoms with E-state index in [1.165, 1.54) is 41.5 Å². The lowest BCUT2D eigenvalue weighted by molar-refractivity contribution is -0.151. The fourth-order valence-electron chi connectivity index (χ4n) is 9.38. The van der Waals surface area contributed by atoms with Gasteiger partial charge in [0.25, 0.3) is 57.7 Å². The second kappa shape index (κ2) is 70.6. The van der Waals surface area contributed by atoms with Gasteiger partial charge in [0.2, 0.25) is 0 Å². The van der Waals surface area contributed by atoms with Crippen LogP contribution >= 0.6 is 294 Å². The molecule has 0 fully saturated rings. The average molecular weight is 3360 g/mol. The molecule has 0 saturated heterocycles. The molecule has 60 heteroatoms. The number of amides is 8. The predicted octanol–water partition coefficient (Wildman–Crippen LogP) is 5.77. The highest BCUT2D eigenvalue weighted by Crippen LogP contribution is 2.40. The van der Waals surface area contributed by atoms with Crippen LogP contribution in [0.5, 0.6) is 0 Å². The zero-order valence-corrected chi connectivity index (χ0v) is 101. The van der Waals surface area contributed by atoms with E-state index in [0.717, 1.165) is 34.6 Å². The molecule has 21 N–H and O–H groups in total. The smallest absolute Gasteiger partial charge is 0.303 e. The summed E-state index contributed by atoms with van der Waals surface area (Å²) < 4.78 is 48.4. The van der Waals surface area contributed by atoms with E-state index in [2.05, 4.69) is 42.5 Å². The molecule has 46 nitrogen and oxygen atoms in total. The number of nitrogens with one attached hydrogen (secondary N) is 8. The minimum Gasteiger partial charge on any atom is -0.464 e. The van der Waals surface area contributed by atoms with E-state index >= 15 is 0 Å². The summed E-state index contributed by atoms with van der Waals surface area (Å²) in [7, 11) is 0. The molecule has 0 unspecified atom stereocenters. The van der Waals surface area contributed by atoms with E-state index in [4.69, 9.17) is 93.2 Å². The van der Waals surface area contributed by atoms with E-state index in [1.54, 1.807) is 90.4 Å². The van der Waals surface area contributed by atoms with Crippen LogP contribution in [0, 0.1) is 42.8 Å². The van der Waals surface area contributed by atoms with Gasteiger partial charge in [0.1, 0.15) is 59.0 Å². The van der Waals surface area contributed by atoms with Crippen molar-refractivity contribution in [3.8, 4) is 0 Å². The molecular formula is C79H99Cl2I12N11O35. The normalized spacial score (nSPS) is 10.9. The van der Waals surface area contributed by atoms with Crippen LogP contribution in [0.4, 0.5) is 22.7 Å². The first-order valence-electron chi connectivity index (χ1n) is 38.2. The summed E-state index contributed by atoms with van der Waals surface area (Å²) in [5.74, 6) is -11.5. The monoisotopic (exact) mass is 3350 g/mol. The molecule has 0 bridgehead atoms. The van der Waals surface area contributed by atoms with Crippen molar-refractivity contribution in [2.75, 3.05) is 115 Å². The van der Waals surface area contributed by atoms with Gasteiger partial charge >= 0.3 is 53.7 Å². The average Bonchev–Trinajstić information content (AvgIpc) is 0.779. The van der Waals surface area contributed by atoms with E-state index in [-0.39, 0.29) is 167 Å². The quantitative estimate of drug-likeness (QED) is 0.00824. The lowest BCUT2D eigenvalue weighted by atomic mass is 10.1. The van der Waals surface area contributed by atoms with Gasteiger partial charge < -0.3 is 138 Å². The summed E-state index contributed by atoms with van der Waals surface area (Å²) in [6.45, 7) is 8.28. The van der Waals surface area contributed by atoms with Crippen molar-refractivity contribution in [1.29, 1.82) is 0 Å². The summed E-state index contributed by atoms with van der Waals surface area (Å²) in [5.41, 5.74) is 18.0. The molecule has 139 heavy (non-hydrogen) atoms. The Morgan fingerprint density at radius 3 is 0.633 bits per heavy atom. The van der Waals surface area contributed by atoms with Crippen molar-refractivity contribution in [1.82, 2.24) is 31.9 Å². The lowest BCUT2D eigenvalue weighted by Crippen LogP contribution is -2.44. The Balaban J connectivity index is -0.00000180. The van der Waals surface area contributed by atoms with Crippen LogP contribution in [-0.2, 0) is 95.4 Å². The molecule has 0 saturated carbocycles. The lowest BCUT2D eigenvalue weighted by Gasteiger charge is -2.24. The second-order valence-corrected chi connectivity index (χ2v) is 40.7. The van der Waals surface area contributed by atoms with Gasteiger partial charge in [-0.2, -0.15) is 0 Å². The minimum absolute atomic E-state index is 0. The molecular weight excluding hydrogens is 3260 g/mol. The van der Waals surface area contributed by atoms with Crippen molar-refractivity contribution in [2.45, 2.75) is 146 Å². The van der Waals surface area contributed by atoms with Crippen molar-refractivity contribution < 1.29 is 169 Å². The number of anilines is 4. The van der Waals surface area contributed by atoms with Crippen LogP contribution < -0.4 is 59.7 Å². The first-order valence-corrected chi connectivity index (χ1v) is 51.9. The molecule has 0 aliphatic heterocycles. The molecule has 0 aromatic heterocycles. The van der Waals surface area contributed by atoms with E-state index < -0.39 is 192 Å². The number of aliphatic hydroxyl groups excluding tert-OH is 7. The molecule has 2 atom stereocenters. The maximum atomic E-state index is 13.7. The molecule has 778 valence electrons. The van der Waals surface area contributed by atoms with Gasteiger partial charge in [-0.25, -0.2) is 0 Å². The van der Waals surface area contributed by atoms with Gasteiger partial charge in [0.05, 0.1) is 178 Å². The summed E-state index contributed by atoms with van der Waals surface area (Å²) in [5, 5.41) is 81.9. The van der Waals surface area contributed by atoms with Gasteiger partial charge in [-0.1, -0.05) is 14.9 Å². The van der Waals surface area contributed by atoms with Gasteiger partial charge in [-0.15, -0.1) is 0 Å². The Morgan fingerprint density at radius 2 is 0.468 bits per heavy atom. The SMILES string of the molecule is C.C.CC(=O)OCC(COC(C)=O)NC(=O)c1c(I)c(N)c(I)c(C(=O)NC(COC(C)=O)COC(C)=O)c1I.CC(=O)OCC(COC(C)=O)NC(=O)c1c(I)c(NC(=O)[C@H](C)OC(C)=O)c(I)c(C(=O)NC(COC(C)=O)COC(C)=O)c1I.C[C@H](O)C(=O)Nc1c(I)c(C(=O)NC(CO)CO)c(I)c(C(=O)NC(CO)CO)c1I.NC(CO)CO.Nc1c(I)c(C(=O)Cl)c(I)c(C(=O)Cl)c1I. The number of hydrogen-bond donors (Lipinski definition) is 18. The number of benzene rings is 4. The third-order valence-corrected chi connectivity index (χ3v) is 29.4. The van der Waals surface area contributed by atoms with Gasteiger partial charge in [0, 0.05) is 76.6 Å². The Bertz CT molecular complexity index is 4790. The predicted molar refractivity (Wildman–Crippen MR) is 602 cm³/mol. The van der Waals surface area contributed by atoms with Gasteiger partial charge in [-0.05, 0) is 308 Å². The highest BCUT2D eigenvalue weighted by Gasteiger charge is 2.37. The van der Waals surface area contributed by atoms with Gasteiger partial charge in [0.15, 0.2) is 6.10 Å². The minimum atomic E-state index is -1.36. The molecule has 4 rings (SSSR count). The first-order chi connectivity index (χ1) is 63.6. The number of ether oxygens (including phenoxy) is 9. The zero-order valence-electron chi connectivity index (χ0n) is 73.2. The van der Waals surface area contributed by atoms with Crippen LogP contribution in [0.3, 0.4) is 0 Å². The highest BCUT2D eigenvalue weighted by molar-refractivity contribution is 14.1. The number of rotatable bonds is 41. The Labute approximate surface area is 970 Å². The Hall–Kier alpha value is -4.17. The number of nitrogen functional groups attached to an aromatic ring is 2. The summed E-state index contributed by atoms with van der Waals surface area (Å²) in [4.78, 5) is 230. The number of hydrogen-bond acceptors (Lipinski definition) is 38. The number of carbonyl (C=O) groups excluding carboxylic acids is 19. The maximum Gasteiger partial charge on any atom is 0.303 e. The van der Waals surface area contributed by atoms with Crippen molar-refractivity contribution in [2.24, 2.45) is 5.73 Å². The maximum absolute atomic E-state index is 13.7. The van der Waals surface area contributed by atoms with Crippen LogP contribution in [0.15, 0.2) is 0 Å². The highest BCUT2D eigenvalue weighted by atomic mass is 127. The summed E-state index contributed by atoms with van der Waals surface area (Å²) in [6.07, 6.45) is -2.60. The molecule has 8 amide bonds. The van der Waals surface area contributed by atoms with Crippen LogP contribution in [0.2, 0.25) is 0 Å². The molecule has 0 aliphatic carbocycles. The van der Waals surface area contributed by atoms with E-state index in [1.807, 2.05) is 181 Å². The van der Waals surface area contributed by atoms with E-state index in [0.29, 0.717) is 23.5 Å². The number of carbonyl (C=O) groups is 19. The third kappa shape index (κ3) is 48.1. The number of aliphatic hydroxyl groups is 7. The Morgan fingerprint density at radius 1 is 0.288 bits per heavy atom. The first kappa shape index (κ1) is 139. The molecule has 0 aliphatic rings. The van der Waals surface area contributed by atoms with Crippen molar-refractivity contribution in [3.63, 3.8) is 0 Å². The molecule has 0 radical (unpaired) electrons. The molecule has 4 aromatic rings. The number of nitrogens with two attached hydrogens (primary N) is 3. The second-order valence-electron chi connectivity index (χ2n) is 27.1. The van der Waals surface area contributed by atoms with Gasteiger partial charge in [-0.3, -0.25) is 91.1 Å². The number of halogens is 14. The van der Waals surface area contributed by atoms with Crippen LogP contribution in [-0.4, -0.2) is 294 Å². The summed E-state index contributed by atoms with van der Waals surface area (Å²) >= 11 is 33.0. The zero-order chi connectivity index (χ0) is 106. The molecule has 4 aromatic carbocycles. The fourth-order valence-corrected chi connectivity index (χ4v) is 27.5. The van der Waals surface area contributed by atoms with E-state index in [9.17, 15) is 117 Å².